The molecule has 10 rings (SSSR count). The highest BCUT2D eigenvalue weighted by molar-refractivity contribution is 7.90. The van der Waals surface area contributed by atoms with Crippen molar-refractivity contribution >= 4 is 66.9 Å². The largest absolute Gasteiger partial charge is 0.485 e. The summed E-state index contributed by atoms with van der Waals surface area (Å²) in [5.74, 6) is -0.790. The molecule has 1 unspecified atom stereocenters. The van der Waals surface area contributed by atoms with Crippen LogP contribution in [-0.2, 0) is 14.8 Å². The van der Waals surface area contributed by atoms with Crippen molar-refractivity contribution < 1.29 is 37.1 Å². The first kappa shape index (κ1) is 45.8. The molecule has 2 aromatic heterocycles. The third-order valence-electron chi connectivity index (χ3n) is 13.6. The van der Waals surface area contributed by atoms with Gasteiger partial charge in [0.25, 0.3) is 15.9 Å². The maximum Gasteiger partial charge on any atom is 0.316 e. The van der Waals surface area contributed by atoms with Crippen LogP contribution in [0.25, 0.3) is 16.6 Å². The number of pyridine rings is 1. The minimum atomic E-state index is -4.70. The Morgan fingerprint density at radius 1 is 0.941 bits per heavy atom. The number of nitro groups is 1. The summed E-state index contributed by atoms with van der Waals surface area (Å²) in [5.41, 5.74) is 6.43. The van der Waals surface area contributed by atoms with Crippen molar-refractivity contribution in [2.45, 2.75) is 50.5 Å². The van der Waals surface area contributed by atoms with Gasteiger partial charge in [-0.1, -0.05) is 43.2 Å². The second kappa shape index (κ2) is 18.9. The molecule has 1 aliphatic carbocycles. The smallest absolute Gasteiger partial charge is 0.316 e. The van der Waals surface area contributed by atoms with Gasteiger partial charge in [0.2, 0.25) is 11.6 Å². The number of nitrogens with one attached hydrogen (secondary N) is 2. The van der Waals surface area contributed by atoms with Crippen molar-refractivity contribution in [1.29, 1.82) is 0 Å². The summed E-state index contributed by atoms with van der Waals surface area (Å²) in [4.78, 5) is 42.5. The van der Waals surface area contributed by atoms with E-state index in [1.807, 2.05) is 41.3 Å². The third kappa shape index (κ3) is 9.69. The maximum atomic E-state index is 14.5. The number of hydrogen-bond acceptors (Lipinski definition) is 14. The van der Waals surface area contributed by atoms with Gasteiger partial charge >= 0.3 is 5.69 Å². The molecular weight excluding hydrogens is 912 g/mol. The number of H-pyrrole nitrogens is 1. The number of halogens is 1. The quantitative estimate of drug-likeness (QED) is 0.0984. The number of rotatable bonds is 11. The van der Waals surface area contributed by atoms with E-state index in [0.717, 1.165) is 80.2 Å². The Morgan fingerprint density at radius 2 is 1.74 bits per heavy atom. The highest BCUT2D eigenvalue weighted by Gasteiger charge is 2.36. The first-order chi connectivity index (χ1) is 32.8. The van der Waals surface area contributed by atoms with Crippen LogP contribution in [0, 0.1) is 15.5 Å². The Hall–Kier alpha value is -5.92. The molecule has 0 spiro atoms. The zero-order valence-electron chi connectivity index (χ0n) is 38.2. The van der Waals surface area contributed by atoms with E-state index in [-0.39, 0.29) is 29.1 Å². The third-order valence-corrected chi connectivity index (χ3v) is 15.2. The lowest BCUT2D eigenvalue weighted by Crippen LogP contribution is -2.47. The van der Waals surface area contributed by atoms with Crippen LogP contribution < -0.4 is 28.7 Å². The molecule has 5 aliphatic rings. The van der Waals surface area contributed by atoms with Crippen molar-refractivity contribution in [3.05, 3.63) is 105 Å². The topological polar surface area (TPSA) is 185 Å². The molecule has 0 radical (unpaired) electrons. The Kier molecular flexibility index (Phi) is 12.7. The Bertz CT molecular complexity index is 2880. The van der Waals surface area contributed by atoms with Crippen molar-refractivity contribution in [3.8, 4) is 17.4 Å². The van der Waals surface area contributed by atoms with Crippen molar-refractivity contribution in [2.24, 2.45) is 5.41 Å². The van der Waals surface area contributed by atoms with E-state index in [2.05, 4.69) is 50.4 Å². The number of sulfonamides is 1. The highest BCUT2D eigenvalue weighted by atomic mass is 35.5. The summed E-state index contributed by atoms with van der Waals surface area (Å²) >= 11 is 6.28. The SMILES string of the molecule is CC1(C)CCC(CN2CCN(c3ccc(C(=O)NS(=O)(=O)c4cc5c(c([N+](=O)[O-])c4)OC(CN4CCOCC4)CO5)c(N4CCCOc5nc6[nH]ccc6cc54)c3)CC2)=C(c2ccc(Cl)cc2)C1. The van der Waals surface area contributed by atoms with E-state index in [4.69, 9.17) is 35.5 Å². The van der Waals surface area contributed by atoms with Crippen molar-refractivity contribution in [3.63, 3.8) is 0 Å². The van der Waals surface area contributed by atoms with E-state index in [0.29, 0.717) is 75.3 Å². The molecule has 2 fully saturated rings. The number of allylic oxidation sites excluding steroid dienone is 1. The van der Waals surface area contributed by atoms with Crippen LogP contribution in [0.5, 0.6) is 17.4 Å². The lowest BCUT2D eigenvalue weighted by Gasteiger charge is -2.39. The fraction of sp³-hybridized carbons (Fsp3) is 0.429. The molecule has 4 aliphatic heterocycles. The average molecular weight is 968 g/mol. The van der Waals surface area contributed by atoms with Crippen LogP contribution >= 0.6 is 11.6 Å². The van der Waals surface area contributed by atoms with Crippen LogP contribution in [0.4, 0.5) is 22.7 Å². The Balaban J connectivity index is 0.926. The van der Waals surface area contributed by atoms with Gasteiger partial charge in [-0.15, -0.1) is 0 Å². The van der Waals surface area contributed by atoms with Crippen molar-refractivity contribution in [1.82, 2.24) is 24.5 Å². The van der Waals surface area contributed by atoms with Gasteiger partial charge in [0.15, 0.2) is 5.75 Å². The molecule has 5 aromatic rings. The van der Waals surface area contributed by atoms with Crippen LogP contribution in [0.15, 0.2) is 83.4 Å². The minimum absolute atomic E-state index is 0.0505. The van der Waals surface area contributed by atoms with E-state index in [9.17, 15) is 23.3 Å². The molecule has 0 saturated carbocycles. The van der Waals surface area contributed by atoms with Gasteiger partial charge < -0.3 is 33.7 Å². The summed E-state index contributed by atoms with van der Waals surface area (Å²) in [7, 11) is -4.70. The Morgan fingerprint density at radius 3 is 2.51 bits per heavy atom. The highest BCUT2D eigenvalue weighted by Crippen LogP contribution is 2.45. The molecule has 17 nitrogen and oxygen atoms in total. The lowest BCUT2D eigenvalue weighted by atomic mass is 9.72. The number of fused-ring (bicyclic) bond motifs is 3. The van der Waals surface area contributed by atoms with Crippen LogP contribution in [0.1, 0.15) is 55.5 Å². The number of amides is 1. The number of ether oxygens (including phenoxy) is 4. The molecule has 2 saturated heterocycles. The lowest BCUT2D eigenvalue weighted by molar-refractivity contribution is -0.386. The fourth-order valence-corrected chi connectivity index (χ4v) is 11.0. The zero-order chi connectivity index (χ0) is 47.2. The number of carbonyl (C=O) groups is 1. The molecular formula is C49H55ClN8O9S. The van der Waals surface area contributed by atoms with Gasteiger partial charge in [-0.25, -0.2) is 13.1 Å². The maximum absolute atomic E-state index is 14.5. The number of nitrogens with zero attached hydrogens (tertiary/aromatic N) is 6. The number of aromatic nitrogens is 2. The average Bonchev–Trinajstić information content (AvgIpc) is 3.69. The van der Waals surface area contributed by atoms with Crippen LogP contribution in [0.2, 0.25) is 5.02 Å². The van der Waals surface area contributed by atoms with Gasteiger partial charge in [0, 0.05) is 93.3 Å². The van der Waals surface area contributed by atoms with E-state index in [1.54, 1.807) is 12.3 Å². The summed E-state index contributed by atoms with van der Waals surface area (Å²) in [5, 5.41) is 14.0. The van der Waals surface area contributed by atoms with Crippen LogP contribution in [-0.4, -0.2) is 130 Å². The normalized spacial score (nSPS) is 20.1. The van der Waals surface area contributed by atoms with Gasteiger partial charge in [-0.05, 0) is 84.7 Å². The van der Waals surface area contributed by atoms with Gasteiger partial charge in [0.05, 0.1) is 40.9 Å². The number of benzene rings is 3. The number of hydrogen-bond donors (Lipinski definition) is 2. The standard InChI is InChI=1S/C49H55ClN8O9S/c1-49(2)12-10-34(40(28-49)32-4-6-35(50)7-5-32)29-54-15-17-56(18-16-54)36-8-9-39(41(25-36)57-14-3-21-65-48-43(57)24-33-11-13-51-46(33)52-48)47(59)53-68(62,63)38-26-42(58(60)61)45-44(27-38)66-31-37(67-45)30-55-19-22-64-23-20-55/h4-9,11,13,24-27,37H,3,10,12,14-23,28-31H2,1-2H3,(H,51,52)(H,53,59). The number of nitro benzene ring substituents is 1. The second-order valence-corrected chi connectivity index (χ2v) is 21.0. The molecule has 1 amide bonds. The number of anilines is 3. The molecule has 19 heteroatoms. The summed E-state index contributed by atoms with van der Waals surface area (Å²) in [6.45, 7) is 12.5. The zero-order valence-corrected chi connectivity index (χ0v) is 39.7. The molecule has 6 heterocycles. The van der Waals surface area contributed by atoms with E-state index in [1.165, 1.54) is 16.7 Å². The van der Waals surface area contributed by atoms with Gasteiger partial charge in [0.1, 0.15) is 24.0 Å². The van der Waals surface area contributed by atoms with Gasteiger partial charge in [-0.2, -0.15) is 4.98 Å². The van der Waals surface area contributed by atoms with E-state index >= 15 is 0 Å². The Labute approximate surface area is 400 Å². The minimum Gasteiger partial charge on any atom is -0.485 e. The fourth-order valence-electron chi connectivity index (χ4n) is 9.91. The number of aromatic amines is 1. The number of morpholine rings is 1. The predicted molar refractivity (Wildman–Crippen MR) is 259 cm³/mol. The van der Waals surface area contributed by atoms with Crippen molar-refractivity contribution in [2.75, 3.05) is 95.1 Å². The molecule has 0 bridgehead atoms. The first-order valence-corrected chi connectivity index (χ1v) is 25.1. The molecule has 3 aromatic carbocycles. The summed E-state index contributed by atoms with van der Waals surface area (Å²) in [6.07, 6.45) is 5.04. The summed E-state index contributed by atoms with van der Waals surface area (Å²) < 4.78 is 54.1. The monoisotopic (exact) mass is 966 g/mol. The van der Waals surface area contributed by atoms with E-state index < -0.39 is 37.5 Å². The summed E-state index contributed by atoms with van der Waals surface area (Å²) in [6, 6.07) is 19.5. The predicted octanol–water partition coefficient (Wildman–Crippen LogP) is 7.42. The molecule has 68 heavy (non-hydrogen) atoms. The van der Waals surface area contributed by atoms with Gasteiger partial charge in [-0.3, -0.25) is 24.7 Å². The number of carbonyl (C=O) groups excluding carboxylic acids is 1. The molecule has 1 atom stereocenters. The number of piperazine rings is 1. The first-order valence-electron chi connectivity index (χ1n) is 23.2. The molecule has 2 N–H and O–H groups in total. The molecule has 358 valence electrons. The van der Waals surface area contributed by atoms with Crippen LogP contribution in [0.3, 0.4) is 0 Å². The second-order valence-electron chi connectivity index (χ2n) is 18.9.